The van der Waals surface area contributed by atoms with Crippen LogP contribution in [-0.4, -0.2) is 30.3 Å². The minimum Gasteiger partial charge on any atom is -0.409 e. The molecule has 4 N–H and O–H groups in total. The number of nitrogens with zero attached hydrogens (tertiary/aromatic N) is 1. The Morgan fingerprint density at radius 1 is 1.50 bits per heavy atom. The second kappa shape index (κ2) is 7.68. The van der Waals surface area contributed by atoms with Crippen LogP contribution in [0.25, 0.3) is 0 Å². The second-order valence-corrected chi connectivity index (χ2v) is 4.08. The van der Waals surface area contributed by atoms with Gasteiger partial charge in [0.1, 0.15) is 0 Å². The molecule has 18 heavy (non-hydrogen) atoms. The van der Waals surface area contributed by atoms with Crippen LogP contribution >= 0.6 is 0 Å². The van der Waals surface area contributed by atoms with Gasteiger partial charge in [-0.1, -0.05) is 29.4 Å². The van der Waals surface area contributed by atoms with E-state index in [1.807, 2.05) is 31.2 Å². The van der Waals surface area contributed by atoms with E-state index in [4.69, 9.17) is 15.7 Å². The van der Waals surface area contributed by atoms with Gasteiger partial charge in [0.15, 0.2) is 5.84 Å². The van der Waals surface area contributed by atoms with Crippen LogP contribution in [0.2, 0.25) is 0 Å². The molecule has 0 spiro atoms. The SMILES string of the molecule is CCOCC(C)NCc1ccccc1/C(N)=N/O. The molecule has 5 heteroatoms. The molecule has 0 aliphatic heterocycles. The van der Waals surface area contributed by atoms with E-state index >= 15 is 0 Å². The average molecular weight is 251 g/mol. The van der Waals surface area contributed by atoms with E-state index in [0.29, 0.717) is 19.8 Å². The predicted octanol–water partition coefficient (Wildman–Crippen LogP) is 1.30. The van der Waals surface area contributed by atoms with Crippen molar-refractivity contribution in [1.29, 1.82) is 0 Å². The summed E-state index contributed by atoms with van der Waals surface area (Å²) in [6, 6.07) is 7.83. The molecule has 1 atom stereocenters. The fourth-order valence-electron chi connectivity index (χ4n) is 1.62. The molecule has 1 aromatic rings. The lowest BCUT2D eigenvalue weighted by Crippen LogP contribution is -2.31. The Balaban J connectivity index is 2.62. The largest absolute Gasteiger partial charge is 0.409 e. The Hall–Kier alpha value is -1.59. The van der Waals surface area contributed by atoms with Gasteiger partial charge < -0.3 is 21.0 Å². The van der Waals surface area contributed by atoms with E-state index in [0.717, 1.165) is 11.1 Å². The molecule has 0 fully saturated rings. The van der Waals surface area contributed by atoms with E-state index in [1.54, 1.807) is 0 Å². The van der Waals surface area contributed by atoms with E-state index in [-0.39, 0.29) is 11.9 Å². The fraction of sp³-hybridized carbons (Fsp3) is 0.462. The summed E-state index contributed by atoms with van der Waals surface area (Å²) in [7, 11) is 0. The van der Waals surface area contributed by atoms with Gasteiger partial charge in [0.05, 0.1) is 6.61 Å². The van der Waals surface area contributed by atoms with Gasteiger partial charge in [-0.15, -0.1) is 0 Å². The molecule has 0 heterocycles. The normalized spacial score (nSPS) is 13.6. The summed E-state index contributed by atoms with van der Waals surface area (Å²) in [5, 5.41) is 15.1. The number of hydrogen-bond donors (Lipinski definition) is 3. The zero-order valence-electron chi connectivity index (χ0n) is 10.9. The molecule has 0 amide bonds. The van der Waals surface area contributed by atoms with Crippen molar-refractivity contribution >= 4 is 5.84 Å². The minimum atomic E-state index is 0.130. The smallest absolute Gasteiger partial charge is 0.170 e. The average Bonchev–Trinajstić information content (AvgIpc) is 2.42. The third-order valence-electron chi connectivity index (χ3n) is 2.61. The number of nitrogens with one attached hydrogen (secondary N) is 1. The lowest BCUT2D eigenvalue weighted by molar-refractivity contribution is 0.127. The molecule has 0 saturated heterocycles. The molecule has 100 valence electrons. The van der Waals surface area contributed by atoms with Gasteiger partial charge in [-0.25, -0.2) is 0 Å². The molecule has 1 rings (SSSR count). The van der Waals surface area contributed by atoms with Crippen LogP contribution in [0.15, 0.2) is 29.4 Å². The van der Waals surface area contributed by atoms with Crippen LogP contribution in [0.3, 0.4) is 0 Å². The topological polar surface area (TPSA) is 79.9 Å². The van der Waals surface area contributed by atoms with Crippen molar-refractivity contribution in [2.75, 3.05) is 13.2 Å². The van der Waals surface area contributed by atoms with Crippen molar-refractivity contribution in [3.63, 3.8) is 0 Å². The molecule has 5 nitrogen and oxygen atoms in total. The summed E-state index contributed by atoms with van der Waals surface area (Å²) in [5.74, 6) is 0.130. The summed E-state index contributed by atoms with van der Waals surface area (Å²) in [5.41, 5.74) is 7.37. The van der Waals surface area contributed by atoms with Gasteiger partial charge in [-0.2, -0.15) is 0 Å². The van der Waals surface area contributed by atoms with Crippen LogP contribution in [0.1, 0.15) is 25.0 Å². The van der Waals surface area contributed by atoms with Gasteiger partial charge in [0.2, 0.25) is 0 Å². The van der Waals surface area contributed by atoms with Gasteiger partial charge in [0, 0.05) is 24.8 Å². The summed E-state index contributed by atoms with van der Waals surface area (Å²) >= 11 is 0. The predicted molar refractivity (Wildman–Crippen MR) is 71.7 cm³/mol. The fourth-order valence-corrected chi connectivity index (χ4v) is 1.62. The Kier molecular flexibility index (Phi) is 6.18. The molecule has 1 aromatic carbocycles. The van der Waals surface area contributed by atoms with E-state index < -0.39 is 0 Å². The quantitative estimate of drug-likeness (QED) is 0.295. The Labute approximate surface area is 108 Å². The molecular formula is C13H21N3O2. The van der Waals surface area contributed by atoms with E-state index in [9.17, 15) is 0 Å². The molecule has 0 aliphatic carbocycles. The molecule has 0 aliphatic rings. The Morgan fingerprint density at radius 2 is 2.22 bits per heavy atom. The van der Waals surface area contributed by atoms with Crippen LogP contribution < -0.4 is 11.1 Å². The molecule has 1 unspecified atom stereocenters. The van der Waals surface area contributed by atoms with E-state index in [2.05, 4.69) is 17.4 Å². The Morgan fingerprint density at radius 3 is 2.89 bits per heavy atom. The van der Waals surface area contributed by atoms with Crippen LogP contribution in [0.4, 0.5) is 0 Å². The van der Waals surface area contributed by atoms with Gasteiger partial charge >= 0.3 is 0 Å². The molecule has 0 radical (unpaired) electrons. The van der Waals surface area contributed by atoms with E-state index in [1.165, 1.54) is 0 Å². The van der Waals surface area contributed by atoms with Crippen molar-refractivity contribution in [2.24, 2.45) is 10.9 Å². The third-order valence-corrected chi connectivity index (χ3v) is 2.61. The number of amidine groups is 1. The number of rotatable bonds is 7. The lowest BCUT2D eigenvalue weighted by Gasteiger charge is -2.15. The summed E-state index contributed by atoms with van der Waals surface area (Å²) in [4.78, 5) is 0. The van der Waals surface area contributed by atoms with Crippen LogP contribution in [-0.2, 0) is 11.3 Å². The molecule has 0 bridgehead atoms. The van der Waals surface area contributed by atoms with Gasteiger partial charge in [-0.3, -0.25) is 0 Å². The first-order valence-corrected chi connectivity index (χ1v) is 6.06. The summed E-state index contributed by atoms with van der Waals surface area (Å²) in [6.07, 6.45) is 0. The highest BCUT2D eigenvalue weighted by molar-refractivity contribution is 5.98. The van der Waals surface area contributed by atoms with Crippen LogP contribution in [0.5, 0.6) is 0 Å². The zero-order valence-corrected chi connectivity index (χ0v) is 10.9. The molecular weight excluding hydrogens is 230 g/mol. The molecule has 0 aromatic heterocycles. The third kappa shape index (κ3) is 4.35. The number of ether oxygens (including phenoxy) is 1. The number of nitrogens with two attached hydrogens (primary N) is 1. The standard InChI is InChI=1S/C13H21N3O2/c1-3-18-9-10(2)15-8-11-6-4-5-7-12(11)13(14)16-17/h4-7,10,15,17H,3,8-9H2,1-2H3,(H2,14,16). The number of hydrogen-bond acceptors (Lipinski definition) is 4. The van der Waals surface area contributed by atoms with Crippen molar-refractivity contribution in [3.05, 3.63) is 35.4 Å². The van der Waals surface area contributed by atoms with Crippen molar-refractivity contribution < 1.29 is 9.94 Å². The minimum absolute atomic E-state index is 0.130. The second-order valence-electron chi connectivity index (χ2n) is 4.08. The number of oxime groups is 1. The highest BCUT2D eigenvalue weighted by atomic mass is 16.5. The van der Waals surface area contributed by atoms with Crippen LogP contribution in [0, 0.1) is 0 Å². The summed E-state index contributed by atoms with van der Waals surface area (Å²) in [6.45, 7) is 6.07. The first kappa shape index (κ1) is 14.5. The first-order chi connectivity index (χ1) is 8.69. The zero-order chi connectivity index (χ0) is 13.4. The first-order valence-electron chi connectivity index (χ1n) is 6.06. The maximum atomic E-state index is 8.73. The summed E-state index contributed by atoms with van der Waals surface area (Å²) < 4.78 is 5.33. The van der Waals surface area contributed by atoms with Gasteiger partial charge in [0.25, 0.3) is 0 Å². The number of benzene rings is 1. The maximum Gasteiger partial charge on any atom is 0.170 e. The van der Waals surface area contributed by atoms with Crippen molar-refractivity contribution in [2.45, 2.75) is 26.4 Å². The highest BCUT2D eigenvalue weighted by Gasteiger charge is 2.07. The van der Waals surface area contributed by atoms with Crippen molar-refractivity contribution in [3.8, 4) is 0 Å². The maximum absolute atomic E-state index is 8.73. The molecule has 0 saturated carbocycles. The van der Waals surface area contributed by atoms with Crippen molar-refractivity contribution in [1.82, 2.24) is 5.32 Å². The Bertz CT molecular complexity index is 394. The monoisotopic (exact) mass is 251 g/mol. The lowest BCUT2D eigenvalue weighted by atomic mass is 10.1. The highest BCUT2D eigenvalue weighted by Crippen LogP contribution is 2.08. The van der Waals surface area contributed by atoms with Gasteiger partial charge in [-0.05, 0) is 19.4 Å².